The maximum atomic E-state index is 13.1. The lowest BCUT2D eigenvalue weighted by Crippen LogP contribution is -2.32. The summed E-state index contributed by atoms with van der Waals surface area (Å²) in [6.45, 7) is 4.70. The molecular formula is C24H25ClF3N3O2. The maximum Gasteiger partial charge on any atom is 0.416 e. The predicted octanol–water partition coefficient (Wildman–Crippen LogP) is 6.08. The Morgan fingerprint density at radius 2 is 1.82 bits per heavy atom. The molecule has 1 atom stereocenters. The van der Waals surface area contributed by atoms with E-state index in [2.05, 4.69) is 10.3 Å². The summed E-state index contributed by atoms with van der Waals surface area (Å²) in [5, 5.41) is 3.41. The van der Waals surface area contributed by atoms with Crippen LogP contribution >= 0.6 is 11.6 Å². The lowest BCUT2D eigenvalue weighted by atomic mass is 10.1. The average Bonchev–Trinajstić information content (AvgIpc) is 3.23. The molecule has 0 fully saturated rings. The van der Waals surface area contributed by atoms with E-state index in [0.29, 0.717) is 23.0 Å². The maximum absolute atomic E-state index is 13.1. The molecule has 3 aromatic rings. The van der Waals surface area contributed by atoms with Crippen LogP contribution in [0.15, 0.2) is 59.2 Å². The van der Waals surface area contributed by atoms with Crippen LogP contribution in [0.1, 0.15) is 53.3 Å². The summed E-state index contributed by atoms with van der Waals surface area (Å²) in [6, 6.07) is 12.4. The number of alkyl halides is 3. The number of halogens is 4. The van der Waals surface area contributed by atoms with Crippen LogP contribution < -0.4 is 5.32 Å². The molecular weight excluding hydrogens is 455 g/mol. The number of carbonyl (C=O) groups is 1. The molecule has 0 saturated carbocycles. The smallest absolute Gasteiger partial charge is 0.416 e. The summed E-state index contributed by atoms with van der Waals surface area (Å²) in [5.74, 6) is -0.0354. The van der Waals surface area contributed by atoms with E-state index >= 15 is 0 Å². The Bertz CT molecular complexity index is 1070. The highest BCUT2D eigenvalue weighted by Crippen LogP contribution is 2.30. The van der Waals surface area contributed by atoms with Crippen LogP contribution in [-0.4, -0.2) is 21.8 Å². The molecule has 2 aromatic carbocycles. The normalized spacial score (nSPS) is 12.7. The third-order valence-corrected chi connectivity index (χ3v) is 5.37. The van der Waals surface area contributed by atoms with Gasteiger partial charge in [-0.3, -0.25) is 9.69 Å². The topological polar surface area (TPSA) is 58.4 Å². The van der Waals surface area contributed by atoms with E-state index in [1.165, 1.54) is 12.3 Å². The first-order valence-corrected chi connectivity index (χ1v) is 10.9. The molecule has 0 saturated heterocycles. The third-order valence-electron chi connectivity index (χ3n) is 5.11. The Balaban J connectivity index is 1.79. The molecule has 1 amide bonds. The highest BCUT2D eigenvalue weighted by atomic mass is 35.5. The van der Waals surface area contributed by atoms with Gasteiger partial charge in [-0.2, -0.15) is 13.2 Å². The van der Waals surface area contributed by atoms with E-state index in [1.54, 1.807) is 18.2 Å². The SMILES string of the molecule is CCC(C)NC(=O)c1coc(CN(Cc2ccc(Cl)cc2)Cc2cccc(C(F)(F)F)c2)n1. The standard InChI is InChI=1S/C24H25ClF3N3O2/c1-3-16(2)29-23(32)21-15-33-22(30-21)14-31(12-17-7-9-20(25)10-8-17)13-18-5-4-6-19(11-18)24(26,27)28/h4-11,15-16H,3,12-14H2,1-2H3,(H,29,32). The van der Waals surface area contributed by atoms with Crippen molar-refractivity contribution < 1.29 is 22.4 Å². The van der Waals surface area contributed by atoms with Gasteiger partial charge in [-0.1, -0.05) is 48.9 Å². The third kappa shape index (κ3) is 7.33. The molecule has 176 valence electrons. The van der Waals surface area contributed by atoms with Crippen LogP contribution in [-0.2, 0) is 25.8 Å². The molecule has 0 aliphatic carbocycles. The second-order valence-corrected chi connectivity index (χ2v) is 8.32. The second-order valence-electron chi connectivity index (χ2n) is 7.88. The summed E-state index contributed by atoms with van der Waals surface area (Å²) >= 11 is 5.96. The van der Waals surface area contributed by atoms with Gasteiger partial charge in [0.15, 0.2) is 5.69 Å². The molecule has 1 N–H and O–H groups in total. The number of nitrogens with zero attached hydrogens (tertiary/aromatic N) is 2. The van der Waals surface area contributed by atoms with Gasteiger partial charge in [0.1, 0.15) is 6.26 Å². The summed E-state index contributed by atoms with van der Waals surface area (Å²) in [5.41, 5.74) is 0.884. The zero-order valence-electron chi connectivity index (χ0n) is 18.3. The van der Waals surface area contributed by atoms with Crippen LogP contribution in [0.25, 0.3) is 0 Å². The van der Waals surface area contributed by atoms with Gasteiger partial charge in [-0.05, 0) is 42.7 Å². The number of nitrogens with one attached hydrogen (secondary N) is 1. The van der Waals surface area contributed by atoms with E-state index in [0.717, 1.165) is 24.1 Å². The van der Waals surface area contributed by atoms with Crippen molar-refractivity contribution in [2.75, 3.05) is 0 Å². The van der Waals surface area contributed by atoms with Crippen molar-refractivity contribution in [3.05, 3.63) is 88.1 Å². The first kappa shape index (κ1) is 24.8. The van der Waals surface area contributed by atoms with Gasteiger partial charge in [-0.25, -0.2) is 4.98 Å². The van der Waals surface area contributed by atoms with E-state index in [4.69, 9.17) is 16.0 Å². The molecule has 5 nitrogen and oxygen atoms in total. The van der Waals surface area contributed by atoms with Gasteiger partial charge in [0, 0.05) is 24.2 Å². The Morgan fingerprint density at radius 3 is 2.48 bits per heavy atom. The van der Waals surface area contributed by atoms with Crippen molar-refractivity contribution in [1.82, 2.24) is 15.2 Å². The van der Waals surface area contributed by atoms with Gasteiger partial charge < -0.3 is 9.73 Å². The minimum Gasteiger partial charge on any atom is -0.447 e. The predicted molar refractivity (Wildman–Crippen MR) is 120 cm³/mol. The summed E-state index contributed by atoms with van der Waals surface area (Å²) in [4.78, 5) is 18.5. The largest absolute Gasteiger partial charge is 0.447 e. The first-order valence-electron chi connectivity index (χ1n) is 10.5. The Hall–Kier alpha value is -2.84. The average molecular weight is 480 g/mol. The Labute approximate surface area is 195 Å². The quantitative estimate of drug-likeness (QED) is 0.404. The molecule has 0 radical (unpaired) electrons. The van der Waals surface area contributed by atoms with Crippen molar-refractivity contribution in [3.63, 3.8) is 0 Å². The molecule has 0 aliphatic rings. The number of rotatable bonds is 9. The lowest BCUT2D eigenvalue weighted by molar-refractivity contribution is -0.137. The van der Waals surface area contributed by atoms with Crippen LogP contribution in [0, 0.1) is 0 Å². The van der Waals surface area contributed by atoms with Crippen molar-refractivity contribution in [2.45, 2.75) is 52.1 Å². The molecule has 1 heterocycles. The minimum absolute atomic E-state index is 0.0000350. The van der Waals surface area contributed by atoms with Crippen molar-refractivity contribution >= 4 is 17.5 Å². The number of hydrogen-bond donors (Lipinski definition) is 1. The van der Waals surface area contributed by atoms with Gasteiger partial charge in [0.05, 0.1) is 12.1 Å². The van der Waals surface area contributed by atoms with Crippen LogP contribution in [0.4, 0.5) is 13.2 Å². The molecule has 1 aromatic heterocycles. The van der Waals surface area contributed by atoms with Gasteiger partial charge in [-0.15, -0.1) is 0 Å². The van der Waals surface area contributed by atoms with Crippen LogP contribution in [0.5, 0.6) is 0 Å². The first-order chi connectivity index (χ1) is 15.6. The Kier molecular flexibility index (Phi) is 8.15. The molecule has 1 unspecified atom stereocenters. The van der Waals surface area contributed by atoms with Gasteiger partial charge in [0.2, 0.25) is 5.89 Å². The van der Waals surface area contributed by atoms with Crippen molar-refractivity contribution in [2.24, 2.45) is 0 Å². The summed E-state index contributed by atoms with van der Waals surface area (Å²) in [6.07, 6.45) is -2.35. The molecule has 0 spiro atoms. The van der Waals surface area contributed by atoms with Gasteiger partial charge >= 0.3 is 6.18 Å². The highest BCUT2D eigenvalue weighted by molar-refractivity contribution is 6.30. The fourth-order valence-corrected chi connectivity index (χ4v) is 3.32. The molecule has 9 heteroatoms. The van der Waals surface area contributed by atoms with Gasteiger partial charge in [0.25, 0.3) is 5.91 Å². The fourth-order valence-electron chi connectivity index (χ4n) is 3.20. The fraction of sp³-hybridized carbons (Fsp3) is 0.333. The zero-order chi connectivity index (χ0) is 24.0. The number of hydrogen-bond acceptors (Lipinski definition) is 4. The lowest BCUT2D eigenvalue weighted by Gasteiger charge is -2.21. The van der Waals surface area contributed by atoms with E-state index in [1.807, 2.05) is 30.9 Å². The number of oxazole rings is 1. The molecule has 0 bridgehead atoms. The number of carbonyl (C=O) groups excluding carboxylic acids is 1. The minimum atomic E-state index is -4.42. The van der Waals surface area contributed by atoms with Crippen LogP contribution in [0.2, 0.25) is 5.02 Å². The summed E-state index contributed by atoms with van der Waals surface area (Å²) in [7, 11) is 0. The highest BCUT2D eigenvalue weighted by Gasteiger charge is 2.30. The van der Waals surface area contributed by atoms with Crippen molar-refractivity contribution in [3.8, 4) is 0 Å². The molecule has 0 aliphatic heterocycles. The monoisotopic (exact) mass is 479 g/mol. The number of aromatic nitrogens is 1. The van der Waals surface area contributed by atoms with E-state index < -0.39 is 11.7 Å². The van der Waals surface area contributed by atoms with Crippen LogP contribution in [0.3, 0.4) is 0 Å². The van der Waals surface area contributed by atoms with E-state index in [9.17, 15) is 18.0 Å². The zero-order valence-corrected chi connectivity index (χ0v) is 19.1. The van der Waals surface area contributed by atoms with Crippen molar-refractivity contribution in [1.29, 1.82) is 0 Å². The second kappa shape index (κ2) is 10.9. The molecule has 3 rings (SSSR count). The molecule has 33 heavy (non-hydrogen) atoms. The number of benzene rings is 2. The Morgan fingerprint density at radius 1 is 1.12 bits per heavy atom. The number of amides is 1. The van der Waals surface area contributed by atoms with E-state index in [-0.39, 0.29) is 30.7 Å². The summed E-state index contributed by atoms with van der Waals surface area (Å²) < 4.78 is 44.9.